The van der Waals surface area contributed by atoms with Gasteiger partial charge in [0.25, 0.3) is 0 Å². The zero-order valence-corrected chi connectivity index (χ0v) is 14.5. The first kappa shape index (κ1) is 19.1. The van der Waals surface area contributed by atoms with Gasteiger partial charge in [0.2, 0.25) is 5.78 Å². The maximum Gasteiger partial charge on any atom is 0.338 e. The Kier molecular flexibility index (Phi) is 5.69. The van der Waals surface area contributed by atoms with Crippen molar-refractivity contribution >= 4 is 17.5 Å². The van der Waals surface area contributed by atoms with E-state index in [1.54, 1.807) is 30.3 Å². The van der Waals surface area contributed by atoms with Crippen LogP contribution in [0.25, 0.3) is 0 Å². The molecule has 0 fully saturated rings. The largest absolute Gasteiger partial charge is 0.454 e. The van der Waals surface area contributed by atoms with Crippen LogP contribution in [0, 0.1) is 11.6 Å². The molecule has 6 heteroatoms. The molecule has 0 aliphatic rings. The van der Waals surface area contributed by atoms with Crippen molar-refractivity contribution in [2.75, 3.05) is 6.61 Å². The number of ether oxygens (including phenoxy) is 1. The first-order valence-electron chi connectivity index (χ1n) is 8.31. The molecule has 0 aliphatic heterocycles. The molecule has 0 aromatic heterocycles. The molecule has 0 N–H and O–H groups in total. The Labute approximate surface area is 159 Å². The van der Waals surface area contributed by atoms with Crippen LogP contribution in [0.4, 0.5) is 8.78 Å². The predicted octanol–water partition coefficient (Wildman–Crippen LogP) is 4.24. The summed E-state index contributed by atoms with van der Waals surface area (Å²) in [5.41, 5.74) is 0.537. The number of Topliss-reactive ketones (excluding diaryl/α,β-unsaturated/α-hetero) is 1. The van der Waals surface area contributed by atoms with Crippen LogP contribution in [0.15, 0.2) is 72.8 Å². The molecule has 0 heterocycles. The second-order valence-electron chi connectivity index (χ2n) is 5.90. The standard InChI is InChI=1S/C22H14F2O4/c23-17-10-11-19(24)18(12-17)20(25)13-28-22(27)16-8-6-15(7-9-16)21(26)14-4-2-1-3-5-14/h1-12H,13H2. The van der Waals surface area contributed by atoms with E-state index in [1.165, 1.54) is 24.3 Å². The highest BCUT2D eigenvalue weighted by atomic mass is 19.1. The van der Waals surface area contributed by atoms with Crippen molar-refractivity contribution in [3.05, 3.63) is 107 Å². The molecule has 3 aromatic rings. The summed E-state index contributed by atoms with van der Waals surface area (Å²) < 4.78 is 31.6. The van der Waals surface area contributed by atoms with Crippen molar-refractivity contribution in [3.8, 4) is 0 Å². The normalized spacial score (nSPS) is 10.4. The van der Waals surface area contributed by atoms with Crippen LogP contribution in [0.3, 0.4) is 0 Å². The van der Waals surface area contributed by atoms with Gasteiger partial charge in [0.1, 0.15) is 11.6 Å². The number of carbonyl (C=O) groups is 3. The molecule has 0 bridgehead atoms. The molecule has 3 rings (SSSR count). The highest BCUT2D eigenvalue weighted by molar-refractivity contribution is 6.09. The van der Waals surface area contributed by atoms with Gasteiger partial charge in [-0.1, -0.05) is 42.5 Å². The fraction of sp³-hybridized carbons (Fsp3) is 0.0455. The fourth-order valence-electron chi connectivity index (χ4n) is 2.52. The van der Waals surface area contributed by atoms with Crippen LogP contribution in [0.5, 0.6) is 0 Å². The first-order chi connectivity index (χ1) is 13.5. The van der Waals surface area contributed by atoms with Crippen LogP contribution in [0.2, 0.25) is 0 Å². The van der Waals surface area contributed by atoms with Gasteiger partial charge in [-0.25, -0.2) is 13.6 Å². The van der Waals surface area contributed by atoms with Crippen molar-refractivity contribution < 1.29 is 27.9 Å². The van der Waals surface area contributed by atoms with Crippen molar-refractivity contribution in [1.29, 1.82) is 0 Å². The van der Waals surface area contributed by atoms with E-state index in [2.05, 4.69) is 0 Å². The van der Waals surface area contributed by atoms with Crippen LogP contribution >= 0.6 is 0 Å². The van der Waals surface area contributed by atoms with E-state index in [0.29, 0.717) is 11.1 Å². The van der Waals surface area contributed by atoms with Crippen LogP contribution in [-0.2, 0) is 4.74 Å². The molecule has 4 nitrogen and oxygen atoms in total. The van der Waals surface area contributed by atoms with Gasteiger partial charge in [-0.05, 0) is 30.3 Å². The average molecular weight is 380 g/mol. The molecule has 3 aromatic carbocycles. The Morgan fingerprint density at radius 1 is 0.750 bits per heavy atom. The topological polar surface area (TPSA) is 60.4 Å². The Morgan fingerprint density at radius 3 is 2.04 bits per heavy atom. The Morgan fingerprint density at radius 2 is 1.36 bits per heavy atom. The SMILES string of the molecule is O=C(OCC(=O)c1cc(F)ccc1F)c1ccc(C(=O)c2ccccc2)cc1. The molecule has 140 valence electrons. The zero-order valence-electron chi connectivity index (χ0n) is 14.5. The summed E-state index contributed by atoms with van der Waals surface area (Å²) in [6, 6.07) is 16.8. The molecule has 0 unspecified atom stereocenters. The minimum atomic E-state index is -0.897. The minimum Gasteiger partial charge on any atom is -0.454 e. The molecular weight excluding hydrogens is 366 g/mol. The fourth-order valence-corrected chi connectivity index (χ4v) is 2.52. The first-order valence-corrected chi connectivity index (χ1v) is 8.31. The van der Waals surface area contributed by atoms with Gasteiger partial charge in [0, 0.05) is 11.1 Å². The Bertz CT molecular complexity index is 1030. The highest BCUT2D eigenvalue weighted by Crippen LogP contribution is 2.13. The Balaban J connectivity index is 1.64. The van der Waals surface area contributed by atoms with E-state index in [4.69, 9.17) is 4.74 Å². The van der Waals surface area contributed by atoms with Gasteiger partial charge in [-0.15, -0.1) is 0 Å². The van der Waals surface area contributed by atoms with Crippen molar-refractivity contribution in [1.82, 2.24) is 0 Å². The number of hydrogen-bond acceptors (Lipinski definition) is 4. The van der Waals surface area contributed by atoms with Gasteiger partial charge in [-0.3, -0.25) is 9.59 Å². The van der Waals surface area contributed by atoms with Gasteiger partial charge in [0.05, 0.1) is 11.1 Å². The van der Waals surface area contributed by atoms with Gasteiger partial charge in [0.15, 0.2) is 12.4 Å². The van der Waals surface area contributed by atoms with E-state index in [-0.39, 0.29) is 11.3 Å². The van der Waals surface area contributed by atoms with Gasteiger partial charge >= 0.3 is 5.97 Å². The summed E-state index contributed by atoms with van der Waals surface area (Å²) in [5.74, 6) is -3.54. The molecular formula is C22H14F2O4. The van der Waals surface area contributed by atoms with E-state index in [0.717, 1.165) is 18.2 Å². The highest BCUT2D eigenvalue weighted by Gasteiger charge is 2.16. The van der Waals surface area contributed by atoms with E-state index < -0.39 is 35.6 Å². The van der Waals surface area contributed by atoms with Crippen LogP contribution < -0.4 is 0 Å². The van der Waals surface area contributed by atoms with E-state index in [1.807, 2.05) is 0 Å². The van der Waals surface area contributed by atoms with Gasteiger partial charge in [-0.2, -0.15) is 0 Å². The van der Waals surface area contributed by atoms with Crippen molar-refractivity contribution in [2.24, 2.45) is 0 Å². The zero-order chi connectivity index (χ0) is 20.1. The average Bonchev–Trinajstić information content (AvgIpc) is 2.73. The number of carbonyl (C=O) groups excluding carboxylic acids is 3. The van der Waals surface area contributed by atoms with Gasteiger partial charge < -0.3 is 4.74 Å². The third kappa shape index (κ3) is 4.35. The van der Waals surface area contributed by atoms with E-state index in [9.17, 15) is 23.2 Å². The number of ketones is 2. The maximum absolute atomic E-state index is 13.6. The van der Waals surface area contributed by atoms with Crippen LogP contribution in [0.1, 0.15) is 36.6 Å². The Hall–Kier alpha value is -3.67. The second-order valence-corrected chi connectivity index (χ2v) is 5.90. The molecule has 28 heavy (non-hydrogen) atoms. The summed E-state index contributed by atoms with van der Waals surface area (Å²) in [6.07, 6.45) is 0. The third-order valence-electron chi connectivity index (χ3n) is 3.98. The number of benzene rings is 3. The number of hydrogen-bond donors (Lipinski definition) is 0. The smallest absolute Gasteiger partial charge is 0.338 e. The lowest BCUT2D eigenvalue weighted by molar-refractivity contribution is 0.0473. The quantitative estimate of drug-likeness (QED) is 0.474. The molecule has 0 atom stereocenters. The summed E-state index contributed by atoms with van der Waals surface area (Å²) in [4.78, 5) is 36.3. The summed E-state index contributed by atoms with van der Waals surface area (Å²) in [7, 11) is 0. The molecule has 0 saturated carbocycles. The minimum absolute atomic E-state index is 0.122. The van der Waals surface area contributed by atoms with Crippen LogP contribution in [-0.4, -0.2) is 24.1 Å². The second kappa shape index (κ2) is 8.35. The summed E-state index contributed by atoms with van der Waals surface area (Å²) in [5, 5.41) is 0. The maximum atomic E-state index is 13.6. The predicted molar refractivity (Wildman–Crippen MR) is 97.3 cm³/mol. The number of rotatable bonds is 6. The summed E-state index contributed by atoms with van der Waals surface area (Å²) >= 11 is 0. The lowest BCUT2D eigenvalue weighted by Gasteiger charge is -2.06. The number of esters is 1. The summed E-state index contributed by atoms with van der Waals surface area (Å²) in [6.45, 7) is -0.732. The molecule has 0 saturated heterocycles. The third-order valence-corrected chi connectivity index (χ3v) is 3.98. The molecule has 0 aliphatic carbocycles. The molecule has 0 radical (unpaired) electrons. The van der Waals surface area contributed by atoms with Crippen molar-refractivity contribution in [2.45, 2.75) is 0 Å². The molecule has 0 spiro atoms. The lowest BCUT2D eigenvalue weighted by Crippen LogP contribution is -2.15. The van der Waals surface area contributed by atoms with Crippen molar-refractivity contribution in [3.63, 3.8) is 0 Å². The molecule has 0 amide bonds. The lowest BCUT2D eigenvalue weighted by atomic mass is 10.0. The number of halogens is 2. The monoisotopic (exact) mass is 380 g/mol. The van der Waals surface area contributed by atoms with E-state index >= 15 is 0 Å².